The zero-order valence-electron chi connectivity index (χ0n) is 22.9. The monoisotopic (exact) mass is 654 g/mol. The Balaban J connectivity index is 1.20. The van der Waals surface area contributed by atoms with Gasteiger partial charge in [0.05, 0.1) is 25.1 Å². The summed E-state index contributed by atoms with van der Waals surface area (Å²) >= 11 is 0. The molecule has 7 rings (SSSR count). The number of phosphoric ester groups is 2. The highest BCUT2D eigenvalue weighted by Crippen LogP contribution is 2.54. The molecular weight excluding hydrogens is 626 g/mol. The zero-order valence-corrected chi connectivity index (χ0v) is 24.7. The van der Waals surface area contributed by atoms with Gasteiger partial charge in [0.2, 0.25) is 5.95 Å². The Bertz CT molecular complexity index is 1860. The first-order chi connectivity index (χ1) is 21.0. The van der Waals surface area contributed by atoms with Gasteiger partial charge in [0.25, 0.3) is 5.56 Å². The van der Waals surface area contributed by atoms with Gasteiger partial charge in [-0.1, -0.05) is 18.2 Å². The summed E-state index contributed by atoms with van der Waals surface area (Å²) in [5, 5.41) is 0.950. The zero-order chi connectivity index (χ0) is 30.8. The maximum absolute atomic E-state index is 13.3. The van der Waals surface area contributed by atoms with Crippen LogP contribution in [0.2, 0.25) is 0 Å². The molecule has 3 aromatic heterocycles. The van der Waals surface area contributed by atoms with Crippen molar-refractivity contribution < 1.29 is 51.2 Å². The Morgan fingerprint density at radius 3 is 2.57 bits per heavy atom. The molecule has 44 heavy (non-hydrogen) atoms. The molecule has 5 N–H and O–H groups in total. The number of aromatic nitrogens is 5. The Morgan fingerprint density at radius 2 is 1.77 bits per heavy atom. The van der Waals surface area contributed by atoms with Crippen molar-refractivity contribution >= 4 is 43.7 Å². The first kappa shape index (κ1) is 29.7. The van der Waals surface area contributed by atoms with Crippen molar-refractivity contribution in [3.05, 3.63) is 53.2 Å². The summed E-state index contributed by atoms with van der Waals surface area (Å²) in [7, 11) is -8.36. The summed E-state index contributed by atoms with van der Waals surface area (Å²) in [5.41, 5.74) is 5.84. The maximum Gasteiger partial charge on any atom is 0.472 e. The lowest BCUT2D eigenvalue weighted by atomic mass is 10.1. The fraction of sp³-hybridized carbons (Fsp3) is 0.458. The van der Waals surface area contributed by atoms with E-state index in [2.05, 4.69) is 15.0 Å². The number of benzene rings is 1. The van der Waals surface area contributed by atoms with Crippen LogP contribution in [0.25, 0.3) is 22.1 Å². The molecule has 0 amide bonds. The number of aromatic amines is 1. The summed E-state index contributed by atoms with van der Waals surface area (Å²) in [4.78, 5) is 44.4. The number of rotatable bonds is 3. The third-order valence-electron chi connectivity index (χ3n) is 7.73. The number of nitrogens with zero attached hydrogens (tertiary/aromatic N) is 4. The maximum atomic E-state index is 13.3. The number of nitrogens with two attached hydrogens (primary N) is 1. The lowest BCUT2D eigenvalue weighted by Crippen LogP contribution is -2.37. The van der Waals surface area contributed by atoms with Crippen molar-refractivity contribution in [2.75, 3.05) is 26.1 Å². The first-order valence-electron chi connectivity index (χ1n) is 13.4. The van der Waals surface area contributed by atoms with Crippen molar-refractivity contribution in [2.24, 2.45) is 0 Å². The smallest absolute Gasteiger partial charge is 0.376 e. The molecule has 0 radical (unpaired) electrons. The molecule has 0 spiro atoms. The predicted octanol–water partition coefficient (Wildman–Crippen LogP) is 1.57. The fourth-order valence-corrected chi connectivity index (χ4v) is 7.69. The largest absolute Gasteiger partial charge is 0.472 e. The molecule has 3 saturated heterocycles. The van der Waals surface area contributed by atoms with Gasteiger partial charge in [-0.05, 0) is 17.5 Å². The van der Waals surface area contributed by atoms with Crippen LogP contribution >= 0.6 is 15.6 Å². The minimum atomic E-state index is -4.89. The first-order valence-corrected chi connectivity index (χ1v) is 16.4. The number of ether oxygens (including phenoxy) is 3. The van der Waals surface area contributed by atoms with Crippen LogP contribution in [0, 0.1) is 0 Å². The second kappa shape index (κ2) is 11.1. The van der Waals surface area contributed by atoms with E-state index < -0.39 is 77.4 Å². The Labute approximate surface area is 247 Å². The van der Waals surface area contributed by atoms with Crippen molar-refractivity contribution in [2.45, 2.75) is 49.4 Å². The van der Waals surface area contributed by atoms with Crippen molar-refractivity contribution in [3.8, 4) is 0 Å². The van der Waals surface area contributed by atoms with E-state index >= 15 is 0 Å². The summed E-state index contributed by atoms with van der Waals surface area (Å²) in [6, 6.07) is 9.46. The van der Waals surface area contributed by atoms with E-state index in [0.29, 0.717) is 0 Å². The van der Waals surface area contributed by atoms with Gasteiger partial charge in [0.1, 0.15) is 36.7 Å². The highest BCUT2D eigenvalue weighted by molar-refractivity contribution is 7.47. The number of nitrogen functional groups attached to an aromatic ring is 1. The van der Waals surface area contributed by atoms with Gasteiger partial charge < -0.3 is 34.3 Å². The van der Waals surface area contributed by atoms with Crippen LogP contribution in [0.1, 0.15) is 18.9 Å². The van der Waals surface area contributed by atoms with Crippen molar-refractivity contribution in [1.82, 2.24) is 24.1 Å². The standard InChI is InChI=1S/C24H28N6O12P2/c1-36-19-16-10-38-43(32,33)41-14-8-17(29-7-6-12-4-2-3-5-13(12)29)39-15(14)9-37-44(34,35)42-20(19)23(40-16)30-11-26-18-21(30)27-24(25)28-22(18)31/h2-7,11,14-17,19-20,23H,8-10H2,1H3,(H,32,33)(H,34,35)(H3,25,27,28,31)/t14-,15?,16?,17-,19?,20?,23?/m1/s1. The number of anilines is 1. The van der Waals surface area contributed by atoms with E-state index in [9.17, 15) is 23.7 Å². The quantitative estimate of drug-likeness (QED) is 0.230. The number of imidazole rings is 1. The van der Waals surface area contributed by atoms with Crippen LogP contribution in [0.4, 0.5) is 5.95 Å². The number of fused-ring (bicyclic) bond motifs is 5. The van der Waals surface area contributed by atoms with Crippen LogP contribution < -0.4 is 11.3 Å². The molecule has 3 aliphatic heterocycles. The van der Waals surface area contributed by atoms with Gasteiger partial charge in [-0.15, -0.1) is 0 Å². The fourth-order valence-electron chi connectivity index (χ4n) is 5.80. The molecule has 0 saturated carbocycles. The van der Waals surface area contributed by atoms with E-state index in [1.165, 1.54) is 18.0 Å². The van der Waals surface area contributed by atoms with Crippen LogP contribution in [0.5, 0.6) is 0 Å². The van der Waals surface area contributed by atoms with Crippen LogP contribution in [0.3, 0.4) is 0 Å². The third kappa shape index (κ3) is 5.42. The second-order valence-corrected chi connectivity index (χ2v) is 13.2. The second-order valence-electron chi connectivity index (χ2n) is 10.4. The molecule has 1 aromatic carbocycles. The molecular formula is C24H28N6O12P2. The summed E-state index contributed by atoms with van der Waals surface area (Å²) in [5.74, 6) is -0.211. The van der Waals surface area contributed by atoms with Crippen molar-refractivity contribution in [3.63, 3.8) is 0 Å². The number of methoxy groups -OCH3 is 1. The molecule has 0 aliphatic carbocycles. The van der Waals surface area contributed by atoms with E-state index in [1.54, 1.807) is 6.20 Å². The third-order valence-corrected chi connectivity index (χ3v) is 9.73. The van der Waals surface area contributed by atoms with Crippen LogP contribution in [-0.4, -0.2) is 84.7 Å². The summed E-state index contributed by atoms with van der Waals surface area (Å²) in [6.07, 6.45) is -4.61. The van der Waals surface area contributed by atoms with E-state index in [0.717, 1.165) is 10.9 Å². The number of H-pyrrole nitrogens is 1. The number of nitrogens with one attached hydrogen (secondary N) is 1. The van der Waals surface area contributed by atoms with Gasteiger partial charge >= 0.3 is 15.6 Å². The van der Waals surface area contributed by atoms with E-state index in [4.69, 9.17) is 38.0 Å². The Kier molecular flexibility index (Phi) is 7.50. The molecule has 9 atom stereocenters. The number of hydrogen-bond donors (Lipinski definition) is 4. The van der Waals surface area contributed by atoms with Gasteiger partial charge in [-0.3, -0.25) is 32.4 Å². The highest BCUT2D eigenvalue weighted by Gasteiger charge is 2.52. The lowest BCUT2D eigenvalue weighted by molar-refractivity contribution is -0.0671. The molecule has 2 bridgehead atoms. The predicted molar refractivity (Wildman–Crippen MR) is 149 cm³/mol. The number of para-hydroxylation sites is 1. The summed E-state index contributed by atoms with van der Waals surface area (Å²) in [6.45, 7) is -1.10. The average Bonchev–Trinajstić information content (AvgIpc) is 3.74. The molecule has 4 aromatic rings. The SMILES string of the molecule is COC1C2COP(=O)(O)O[C@@H]3C[C@H](n4ccc5ccccc54)OC3COP(=O)(O)OC1C(n1cnc3c(=O)[nH]c(N)nc31)O2. The van der Waals surface area contributed by atoms with E-state index in [1.807, 2.05) is 34.9 Å². The summed E-state index contributed by atoms with van der Waals surface area (Å²) < 4.78 is 69.1. The Morgan fingerprint density at radius 1 is 1.02 bits per heavy atom. The molecule has 3 fully saturated rings. The van der Waals surface area contributed by atoms with Gasteiger partial charge in [0, 0.05) is 19.7 Å². The highest BCUT2D eigenvalue weighted by atomic mass is 31.2. The van der Waals surface area contributed by atoms with Crippen molar-refractivity contribution in [1.29, 1.82) is 0 Å². The number of phosphoric acid groups is 2. The molecule has 3 aliphatic rings. The van der Waals surface area contributed by atoms with Gasteiger partial charge in [0.15, 0.2) is 17.4 Å². The average molecular weight is 654 g/mol. The molecule has 7 unspecified atom stereocenters. The van der Waals surface area contributed by atoms with Crippen LogP contribution in [0.15, 0.2) is 47.7 Å². The molecule has 236 valence electrons. The minimum Gasteiger partial charge on any atom is -0.376 e. The normalized spacial score (nSPS) is 36.6. The van der Waals surface area contributed by atoms with E-state index in [-0.39, 0.29) is 23.5 Å². The van der Waals surface area contributed by atoms with Gasteiger partial charge in [-0.25, -0.2) is 14.1 Å². The lowest BCUT2D eigenvalue weighted by Gasteiger charge is -2.26. The molecule has 6 heterocycles. The Hall–Kier alpha value is -2.99. The minimum absolute atomic E-state index is 0.0157. The molecule has 20 heteroatoms. The topological polar surface area (TPSA) is 234 Å². The van der Waals surface area contributed by atoms with Gasteiger partial charge in [-0.2, -0.15) is 4.98 Å². The molecule has 18 nitrogen and oxygen atoms in total. The van der Waals surface area contributed by atoms with Crippen LogP contribution in [-0.2, 0) is 41.4 Å². The number of hydrogen-bond acceptors (Lipinski definition) is 13.